The highest BCUT2D eigenvalue weighted by atomic mass is 16.4. The lowest BCUT2D eigenvalue weighted by Crippen LogP contribution is -2.37. The number of carboxylic acid groups (broad SMARTS) is 3. The summed E-state index contributed by atoms with van der Waals surface area (Å²) in [5, 5.41) is 29.9. The van der Waals surface area contributed by atoms with Crippen molar-refractivity contribution in [3.05, 3.63) is 0 Å². The quantitative estimate of drug-likeness (QED) is 0.505. The second kappa shape index (κ2) is 8.12. The zero-order valence-corrected chi connectivity index (χ0v) is 13.0. The third kappa shape index (κ3) is 4.98. The summed E-state index contributed by atoms with van der Waals surface area (Å²) >= 11 is 0. The van der Waals surface area contributed by atoms with Gasteiger partial charge >= 0.3 is 17.9 Å². The van der Waals surface area contributed by atoms with Gasteiger partial charge in [0.2, 0.25) is 0 Å². The molecule has 7 heteroatoms. The second-order valence-electron chi connectivity index (χ2n) is 6.30. The van der Waals surface area contributed by atoms with E-state index in [2.05, 4.69) is 5.32 Å². The predicted molar refractivity (Wildman–Crippen MR) is 78.5 cm³/mol. The molecule has 0 aromatic heterocycles. The van der Waals surface area contributed by atoms with Crippen molar-refractivity contribution in [1.82, 2.24) is 5.32 Å². The van der Waals surface area contributed by atoms with Gasteiger partial charge in [0, 0.05) is 0 Å². The van der Waals surface area contributed by atoms with E-state index < -0.39 is 35.8 Å². The summed E-state index contributed by atoms with van der Waals surface area (Å²) < 4.78 is 0. The Bertz CT molecular complexity index is 424. The van der Waals surface area contributed by atoms with Crippen LogP contribution < -0.4 is 5.32 Å². The van der Waals surface area contributed by atoms with Crippen molar-refractivity contribution in [2.75, 3.05) is 6.54 Å². The van der Waals surface area contributed by atoms with Gasteiger partial charge in [-0.15, -0.1) is 0 Å². The van der Waals surface area contributed by atoms with Crippen molar-refractivity contribution in [3.8, 4) is 0 Å². The van der Waals surface area contributed by atoms with Gasteiger partial charge in [0.1, 0.15) is 6.04 Å². The van der Waals surface area contributed by atoms with E-state index in [0.29, 0.717) is 13.0 Å². The third-order valence-electron chi connectivity index (χ3n) is 4.68. The molecule has 126 valence electrons. The fraction of sp³-hybridized carbons (Fsp3) is 0.800. The van der Waals surface area contributed by atoms with Gasteiger partial charge in [-0.1, -0.05) is 26.7 Å². The van der Waals surface area contributed by atoms with E-state index in [0.717, 1.165) is 12.8 Å². The van der Waals surface area contributed by atoms with Gasteiger partial charge in [-0.05, 0) is 30.7 Å². The summed E-state index contributed by atoms with van der Waals surface area (Å²) in [5.74, 6) is -3.50. The molecule has 5 atom stereocenters. The zero-order valence-electron chi connectivity index (χ0n) is 13.0. The van der Waals surface area contributed by atoms with Gasteiger partial charge in [0.05, 0.1) is 12.3 Å². The van der Waals surface area contributed by atoms with Gasteiger partial charge < -0.3 is 20.6 Å². The molecule has 0 spiro atoms. The molecule has 4 N–H and O–H groups in total. The molecule has 22 heavy (non-hydrogen) atoms. The van der Waals surface area contributed by atoms with E-state index in [-0.39, 0.29) is 18.3 Å². The van der Waals surface area contributed by atoms with Crippen LogP contribution in [0.25, 0.3) is 0 Å². The molecule has 0 radical (unpaired) electrons. The Morgan fingerprint density at radius 3 is 2.27 bits per heavy atom. The third-order valence-corrected chi connectivity index (χ3v) is 4.68. The van der Waals surface area contributed by atoms with Gasteiger partial charge in [-0.25, -0.2) is 0 Å². The Morgan fingerprint density at radius 2 is 1.77 bits per heavy atom. The lowest BCUT2D eigenvalue weighted by Gasteiger charge is -2.26. The Kier molecular flexibility index (Phi) is 6.80. The normalized spacial score (nSPS) is 27.3. The molecule has 1 aliphatic heterocycles. The maximum atomic E-state index is 11.2. The lowest BCUT2D eigenvalue weighted by molar-refractivity contribution is -0.143. The minimum Gasteiger partial charge on any atom is -0.481 e. The standard InChI is InChI=1S/C15H25NO6/c1-8(4-3-5-9(2)14(19)20)11-7-16-13(15(21)22)10(11)6-12(17)18/h8-11,13,16H,3-7H2,1-2H3,(H,17,18)(H,19,20)(H,21,22)/t8?,9-,10+,11-,13+/m1/s1. The average molecular weight is 315 g/mol. The van der Waals surface area contributed by atoms with Crippen LogP contribution in [0.1, 0.15) is 39.5 Å². The molecule has 0 amide bonds. The summed E-state index contributed by atoms with van der Waals surface area (Å²) in [6.07, 6.45) is 1.92. The number of hydrogen-bond donors (Lipinski definition) is 4. The SMILES string of the molecule is CC(CCC[C@@H](C)C(=O)O)[C@H]1CN[C@H](C(=O)O)[C@H]1CC(=O)O. The number of rotatable bonds is 9. The topological polar surface area (TPSA) is 124 Å². The van der Waals surface area contributed by atoms with Gasteiger partial charge in [-0.3, -0.25) is 14.4 Å². The molecule has 1 heterocycles. The summed E-state index contributed by atoms with van der Waals surface area (Å²) in [5.41, 5.74) is 0. The highest BCUT2D eigenvalue weighted by molar-refractivity contribution is 5.76. The van der Waals surface area contributed by atoms with Crippen molar-refractivity contribution in [3.63, 3.8) is 0 Å². The molecule has 1 unspecified atom stereocenters. The van der Waals surface area contributed by atoms with Crippen molar-refractivity contribution in [1.29, 1.82) is 0 Å². The molecule has 0 aromatic carbocycles. The molecule has 1 aliphatic rings. The first-order chi connectivity index (χ1) is 10.2. The maximum Gasteiger partial charge on any atom is 0.321 e. The summed E-state index contributed by atoms with van der Waals surface area (Å²) in [6, 6.07) is -0.818. The largest absolute Gasteiger partial charge is 0.481 e. The molecular weight excluding hydrogens is 290 g/mol. The molecular formula is C15H25NO6. The highest BCUT2D eigenvalue weighted by Crippen LogP contribution is 2.34. The van der Waals surface area contributed by atoms with Crippen LogP contribution in [0.3, 0.4) is 0 Å². The van der Waals surface area contributed by atoms with Crippen molar-refractivity contribution < 1.29 is 29.7 Å². The fourth-order valence-electron chi connectivity index (χ4n) is 3.26. The average Bonchev–Trinajstić information content (AvgIpc) is 2.81. The van der Waals surface area contributed by atoms with Crippen LogP contribution in [0.2, 0.25) is 0 Å². The van der Waals surface area contributed by atoms with Crippen LogP contribution in [-0.4, -0.2) is 45.8 Å². The van der Waals surface area contributed by atoms with E-state index in [1.807, 2.05) is 6.92 Å². The number of carboxylic acids is 3. The summed E-state index contributed by atoms with van der Waals surface area (Å²) in [4.78, 5) is 33.0. The molecule has 0 saturated carbocycles. The van der Waals surface area contributed by atoms with E-state index in [1.165, 1.54) is 0 Å². The molecule has 0 aliphatic carbocycles. The molecule has 1 saturated heterocycles. The summed E-state index contributed by atoms with van der Waals surface area (Å²) in [6.45, 7) is 4.14. The monoisotopic (exact) mass is 315 g/mol. The molecule has 1 rings (SSSR count). The Balaban J connectivity index is 2.58. The predicted octanol–water partition coefficient (Wildman–Crippen LogP) is 1.28. The maximum absolute atomic E-state index is 11.2. The van der Waals surface area contributed by atoms with E-state index >= 15 is 0 Å². The first-order valence-corrected chi connectivity index (χ1v) is 7.64. The van der Waals surface area contributed by atoms with E-state index in [4.69, 9.17) is 10.2 Å². The Morgan fingerprint density at radius 1 is 1.14 bits per heavy atom. The number of nitrogens with one attached hydrogen (secondary N) is 1. The van der Waals surface area contributed by atoms with Crippen LogP contribution >= 0.6 is 0 Å². The van der Waals surface area contributed by atoms with Crippen LogP contribution in [-0.2, 0) is 14.4 Å². The van der Waals surface area contributed by atoms with E-state index in [9.17, 15) is 19.5 Å². The second-order valence-corrected chi connectivity index (χ2v) is 6.30. The van der Waals surface area contributed by atoms with Crippen LogP contribution in [0.4, 0.5) is 0 Å². The van der Waals surface area contributed by atoms with Crippen molar-refractivity contribution in [2.45, 2.75) is 45.6 Å². The molecule has 7 nitrogen and oxygen atoms in total. The van der Waals surface area contributed by atoms with Crippen LogP contribution in [0.5, 0.6) is 0 Å². The van der Waals surface area contributed by atoms with Gasteiger partial charge in [0.25, 0.3) is 0 Å². The zero-order chi connectivity index (χ0) is 16.9. The van der Waals surface area contributed by atoms with E-state index in [1.54, 1.807) is 6.92 Å². The lowest BCUT2D eigenvalue weighted by atomic mass is 9.78. The van der Waals surface area contributed by atoms with Crippen molar-refractivity contribution in [2.24, 2.45) is 23.7 Å². The van der Waals surface area contributed by atoms with Crippen LogP contribution in [0.15, 0.2) is 0 Å². The first kappa shape index (κ1) is 18.4. The first-order valence-electron chi connectivity index (χ1n) is 7.64. The molecule has 1 fully saturated rings. The number of aliphatic carboxylic acids is 3. The highest BCUT2D eigenvalue weighted by Gasteiger charge is 2.43. The van der Waals surface area contributed by atoms with Crippen LogP contribution in [0, 0.1) is 23.7 Å². The molecule has 0 aromatic rings. The Labute approximate surface area is 129 Å². The number of carbonyl (C=O) groups is 3. The minimum atomic E-state index is -1.01. The van der Waals surface area contributed by atoms with Gasteiger partial charge in [-0.2, -0.15) is 0 Å². The van der Waals surface area contributed by atoms with Crippen molar-refractivity contribution >= 4 is 17.9 Å². The van der Waals surface area contributed by atoms with Gasteiger partial charge in [0.15, 0.2) is 0 Å². The number of hydrogen-bond acceptors (Lipinski definition) is 4. The minimum absolute atomic E-state index is 0.0164. The Hall–Kier alpha value is -1.63. The fourth-order valence-corrected chi connectivity index (χ4v) is 3.26. The smallest absolute Gasteiger partial charge is 0.321 e. The molecule has 0 bridgehead atoms. The summed E-state index contributed by atoms with van der Waals surface area (Å²) in [7, 11) is 0.